The maximum Gasteiger partial charge on any atom is 0.306 e. The molecule has 0 aromatic rings. The minimum absolute atomic E-state index is 0.0591. The van der Waals surface area contributed by atoms with Gasteiger partial charge in [0, 0.05) is 12.8 Å². The molecule has 0 amide bonds. The molecule has 0 spiro atoms. The molecule has 434 valence electrons. The van der Waals surface area contributed by atoms with Gasteiger partial charge in [-0.25, -0.2) is 0 Å². The number of aliphatic hydroxyl groups excluding tert-OH is 1. The quantitative estimate of drug-likeness (QED) is 0.0373. The molecule has 0 bridgehead atoms. The topological polar surface area (TPSA) is 72.8 Å². The molecule has 1 atom stereocenters. The third kappa shape index (κ3) is 63.1. The van der Waals surface area contributed by atoms with Crippen LogP contribution in [0.3, 0.4) is 0 Å². The average molecular weight is 1030 g/mol. The third-order valence-corrected chi connectivity index (χ3v) is 15.8. The van der Waals surface area contributed by atoms with Gasteiger partial charge in [-0.1, -0.05) is 353 Å². The Labute approximate surface area is 458 Å². The Bertz CT molecular complexity index is 1070. The summed E-state index contributed by atoms with van der Waals surface area (Å²) in [6.45, 7) is 4.21. The third-order valence-electron chi connectivity index (χ3n) is 15.8. The smallest absolute Gasteiger partial charge is 0.306 e. The number of ether oxygens (including phenoxy) is 2. The lowest BCUT2D eigenvalue weighted by Crippen LogP contribution is -2.28. The predicted octanol–water partition coefficient (Wildman–Crippen LogP) is 23.0. The maximum absolute atomic E-state index is 12.3. The molecule has 0 saturated heterocycles. The number of carbonyl (C=O) groups is 2. The number of unbranched alkanes of at least 4 members (excludes halogenated alkanes) is 54. The van der Waals surface area contributed by atoms with E-state index >= 15 is 0 Å². The van der Waals surface area contributed by atoms with Crippen LogP contribution in [-0.4, -0.2) is 36.4 Å². The van der Waals surface area contributed by atoms with E-state index in [0.717, 1.165) is 32.1 Å². The molecule has 0 aromatic carbocycles. The Balaban J connectivity index is 3.35. The first-order chi connectivity index (χ1) is 36.1. The Morgan fingerprint density at radius 3 is 0.740 bits per heavy atom. The fourth-order valence-electron chi connectivity index (χ4n) is 10.7. The number of aliphatic hydroxyl groups is 1. The van der Waals surface area contributed by atoms with E-state index in [9.17, 15) is 14.7 Å². The molecule has 0 saturated carbocycles. The number of hydrogen-bond acceptors (Lipinski definition) is 5. The fourth-order valence-corrected chi connectivity index (χ4v) is 10.7. The zero-order chi connectivity index (χ0) is 52.7. The molecule has 5 nitrogen and oxygen atoms in total. The van der Waals surface area contributed by atoms with E-state index in [-0.39, 0.29) is 25.2 Å². The fraction of sp³-hybridized carbons (Fsp3) is 0.941. The molecule has 1 N–H and O–H groups in total. The van der Waals surface area contributed by atoms with E-state index in [1.54, 1.807) is 0 Å². The van der Waals surface area contributed by atoms with E-state index in [4.69, 9.17) is 9.47 Å². The SMILES string of the molecule is CCCCCCCCCC/C=C\CCCCCCCCCCCC(=O)OC(CO)COC(=O)CCCCCCCCCCCCCCCCCCCCCCCCCCCCCCCCCCCCCCCC. The van der Waals surface area contributed by atoms with Crippen molar-refractivity contribution in [3.8, 4) is 0 Å². The summed E-state index contributed by atoms with van der Waals surface area (Å²) in [6.07, 6.45) is 82.5. The number of allylic oxidation sites excluding steroid dienone is 2. The van der Waals surface area contributed by atoms with Gasteiger partial charge in [0.2, 0.25) is 0 Å². The first-order valence-electron chi connectivity index (χ1n) is 33.7. The highest BCUT2D eigenvalue weighted by atomic mass is 16.6. The molecule has 0 aromatic heterocycles. The van der Waals surface area contributed by atoms with Crippen molar-refractivity contribution in [2.45, 2.75) is 399 Å². The molecule has 0 aliphatic heterocycles. The van der Waals surface area contributed by atoms with Gasteiger partial charge in [-0.2, -0.15) is 0 Å². The van der Waals surface area contributed by atoms with Gasteiger partial charge < -0.3 is 14.6 Å². The van der Waals surface area contributed by atoms with Gasteiger partial charge in [-0.3, -0.25) is 9.59 Å². The monoisotopic (exact) mass is 1030 g/mol. The van der Waals surface area contributed by atoms with Crippen molar-refractivity contribution in [2.24, 2.45) is 0 Å². The molecular formula is C68H132O5. The molecule has 0 rings (SSSR count). The molecule has 0 fully saturated rings. The van der Waals surface area contributed by atoms with Crippen LogP contribution >= 0.6 is 0 Å². The normalized spacial score (nSPS) is 12.1. The highest BCUT2D eigenvalue weighted by molar-refractivity contribution is 5.70. The maximum atomic E-state index is 12.3. The number of esters is 2. The van der Waals surface area contributed by atoms with Crippen LogP contribution in [0.5, 0.6) is 0 Å². The minimum Gasteiger partial charge on any atom is -0.462 e. The molecule has 1 unspecified atom stereocenters. The van der Waals surface area contributed by atoms with E-state index < -0.39 is 6.10 Å². The van der Waals surface area contributed by atoms with Gasteiger partial charge in [0.25, 0.3) is 0 Å². The van der Waals surface area contributed by atoms with Gasteiger partial charge in [-0.05, 0) is 38.5 Å². The molecule has 73 heavy (non-hydrogen) atoms. The van der Waals surface area contributed by atoms with E-state index in [0.29, 0.717) is 12.8 Å². The summed E-state index contributed by atoms with van der Waals surface area (Å²) in [5.41, 5.74) is 0. The van der Waals surface area contributed by atoms with Crippen LogP contribution in [0.4, 0.5) is 0 Å². The summed E-state index contributed by atoms with van der Waals surface area (Å²) in [7, 11) is 0. The lowest BCUT2D eigenvalue weighted by atomic mass is 10.0. The van der Waals surface area contributed by atoms with Gasteiger partial charge in [0.05, 0.1) is 6.61 Å². The second-order valence-corrected chi connectivity index (χ2v) is 23.3. The highest BCUT2D eigenvalue weighted by Crippen LogP contribution is 2.19. The van der Waals surface area contributed by atoms with Crippen LogP contribution < -0.4 is 0 Å². The lowest BCUT2D eigenvalue weighted by molar-refractivity contribution is -0.161. The average Bonchev–Trinajstić information content (AvgIpc) is 3.39. The molecule has 0 aliphatic carbocycles. The van der Waals surface area contributed by atoms with Crippen molar-refractivity contribution in [3.63, 3.8) is 0 Å². The van der Waals surface area contributed by atoms with E-state index in [2.05, 4.69) is 26.0 Å². The van der Waals surface area contributed by atoms with Gasteiger partial charge in [0.15, 0.2) is 6.10 Å². The summed E-state index contributed by atoms with van der Waals surface area (Å²) in [5, 5.41) is 9.67. The van der Waals surface area contributed by atoms with Crippen LogP contribution in [0.15, 0.2) is 12.2 Å². The summed E-state index contributed by atoms with van der Waals surface area (Å²) in [5.74, 6) is -0.568. The van der Waals surface area contributed by atoms with Crippen molar-refractivity contribution in [1.82, 2.24) is 0 Å². The van der Waals surface area contributed by atoms with Crippen molar-refractivity contribution in [1.29, 1.82) is 0 Å². The largest absolute Gasteiger partial charge is 0.462 e. The van der Waals surface area contributed by atoms with Crippen molar-refractivity contribution < 1.29 is 24.2 Å². The van der Waals surface area contributed by atoms with Crippen molar-refractivity contribution in [2.75, 3.05) is 13.2 Å². The molecule has 0 aliphatic rings. The van der Waals surface area contributed by atoms with Crippen LogP contribution in [0.2, 0.25) is 0 Å². The Morgan fingerprint density at radius 1 is 0.301 bits per heavy atom. The van der Waals surface area contributed by atoms with Gasteiger partial charge in [0.1, 0.15) is 6.61 Å². The van der Waals surface area contributed by atoms with Gasteiger partial charge >= 0.3 is 11.9 Å². The Hall–Kier alpha value is -1.36. The number of rotatable bonds is 64. The predicted molar refractivity (Wildman–Crippen MR) is 321 cm³/mol. The van der Waals surface area contributed by atoms with Crippen molar-refractivity contribution >= 4 is 11.9 Å². The van der Waals surface area contributed by atoms with Crippen LogP contribution in [-0.2, 0) is 19.1 Å². The van der Waals surface area contributed by atoms with Crippen LogP contribution in [0.25, 0.3) is 0 Å². The first kappa shape index (κ1) is 71.6. The minimum atomic E-state index is -0.769. The van der Waals surface area contributed by atoms with Crippen LogP contribution in [0, 0.1) is 0 Å². The molecule has 5 heteroatoms. The molecule has 0 radical (unpaired) electrons. The van der Waals surface area contributed by atoms with Crippen LogP contribution in [0.1, 0.15) is 393 Å². The number of hydrogen-bond donors (Lipinski definition) is 1. The highest BCUT2D eigenvalue weighted by Gasteiger charge is 2.16. The molecular weight excluding hydrogens is 897 g/mol. The van der Waals surface area contributed by atoms with Gasteiger partial charge in [-0.15, -0.1) is 0 Å². The summed E-state index contributed by atoms with van der Waals surface area (Å²) in [6, 6.07) is 0. The summed E-state index contributed by atoms with van der Waals surface area (Å²) < 4.78 is 10.7. The zero-order valence-electron chi connectivity index (χ0n) is 49.9. The first-order valence-corrected chi connectivity index (χ1v) is 33.7. The van der Waals surface area contributed by atoms with E-state index in [1.807, 2.05) is 0 Å². The standard InChI is InChI=1S/C68H132O5/c1-3-5-7-9-11-13-15-17-19-21-23-25-26-27-28-29-30-31-32-33-34-35-36-37-38-39-40-41-43-44-46-48-50-52-54-56-58-60-62-67(70)72-65-66(64-69)73-68(71)63-61-59-57-55-53-51-49-47-45-42-24-22-20-18-16-14-12-10-8-6-4-2/h22,24,66,69H,3-21,23,25-65H2,1-2H3/b24-22-. The Kier molecular flexibility index (Phi) is 63.7. The Morgan fingerprint density at radius 2 is 0.507 bits per heavy atom. The summed E-state index contributed by atoms with van der Waals surface area (Å²) >= 11 is 0. The number of carbonyl (C=O) groups excluding carboxylic acids is 2. The molecule has 0 heterocycles. The summed E-state index contributed by atoms with van der Waals surface area (Å²) in [4.78, 5) is 24.6. The van der Waals surface area contributed by atoms with E-state index in [1.165, 1.54) is 334 Å². The van der Waals surface area contributed by atoms with Crippen molar-refractivity contribution in [3.05, 3.63) is 12.2 Å². The lowest BCUT2D eigenvalue weighted by Gasteiger charge is -2.15. The second kappa shape index (κ2) is 64.9. The zero-order valence-corrected chi connectivity index (χ0v) is 49.9. The second-order valence-electron chi connectivity index (χ2n) is 23.3.